The Morgan fingerprint density at radius 3 is 2.75 bits per heavy atom. The molecule has 1 aliphatic carbocycles. The van der Waals surface area contributed by atoms with E-state index in [4.69, 9.17) is 32.7 Å². The van der Waals surface area contributed by atoms with Gasteiger partial charge in [0, 0.05) is 29.6 Å². The summed E-state index contributed by atoms with van der Waals surface area (Å²) in [6.45, 7) is 2.83. The Kier molecular flexibility index (Phi) is 5.99. The molecule has 1 aliphatic rings. The van der Waals surface area contributed by atoms with Crippen molar-refractivity contribution in [1.29, 1.82) is 0 Å². The Morgan fingerprint density at radius 1 is 1.35 bits per heavy atom. The first-order valence-corrected chi connectivity index (χ1v) is 8.21. The molecule has 0 heterocycles. The van der Waals surface area contributed by atoms with Gasteiger partial charge in [-0.15, -0.1) is 0 Å². The van der Waals surface area contributed by atoms with Gasteiger partial charge < -0.3 is 14.8 Å². The molecular formula is C14H18BrCl2NO2. The molecule has 0 spiro atoms. The summed E-state index contributed by atoms with van der Waals surface area (Å²) in [7, 11) is 1.94. The fourth-order valence-electron chi connectivity index (χ4n) is 2.21. The van der Waals surface area contributed by atoms with Crippen LogP contribution in [-0.2, 0) is 4.74 Å². The van der Waals surface area contributed by atoms with Crippen LogP contribution in [-0.4, -0.2) is 31.9 Å². The molecule has 3 nitrogen and oxygen atoms in total. The molecule has 0 aromatic heterocycles. The predicted molar refractivity (Wildman–Crippen MR) is 86.1 cm³/mol. The zero-order valence-corrected chi connectivity index (χ0v) is 14.6. The number of nitrogens with one attached hydrogen (secondary N) is 1. The molecule has 1 saturated carbocycles. The van der Waals surface area contributed by atoms with Gasteiger partial charge in [-0.25, -0.2) is 0 Å². The van der Waals surface area contributed by atoms with Crippen LogP contribution < -0.4 is 10.1 Å². The summed E-state index contributed by atoms with van der Waals surface area (Å²) in [5.74, 6) is 0.601. The van der Waals surface area contributed by atoms with Gasteiger partial charge in [-0.05, 0) is 35.5 Å². The van der Waals surface area contributed by atoms with Crippen LogP contribution in [0.25, 0.3) is 0 Å². The third-order valence-corrected chi connectivity index (χ3v) is 4.88. The Labute approximate surface area is 138 Å². The largest absolute Gasteiger partial charge is 0.486 e. The number of halogens is 3. The summed E-state index contributed by atoms with van der Waals surface area (Å²) in [5.41, 5.74) is 0. The van der Waals surface area contributed by atoms with E-state index in [0.717, 1.165) is 23.9 Å². The maximum Gasteiger partial charge on any atom is 0.140 e. The first-order chi connectivity index (χ1) is 9.56. The third kappa shape index (κ3) is 3.60. The smallest absolute Gasteiger partial charge is 0.140 e. The van der Waals surface area contributed by atoms with Crippen LogP contribution in [0.5, 0.6) is 5.75 Å². The van der Waals surface area contributed by atoms with Crippen LogP contribution >= 0.6 is 39.1 Å². The van der Waals surface area contributed by atoms with E-state index >= 15 is 0 Å². The van der Waals surface area contributed by atoms with E-state index in [1.54, 1.807) is 12.1 Å². The van der Waals surface area contributed by atoms with Gasteiger partial charge in [0.1, 0.15) is 18.0 Å². The maximum atomic E-state index is 6.18. The third-order valence-electron chi connectivity index (χ3n) is 3.39. The lowest BCUT2D eigenvalue weighted by molar-refractivity contribution is -0.106. The highest BCUT2D eigenvalue weighted by Gasteiger charge is 2.43. The molecule has 0 aliphatic heterocycles. The van der Waals surface area contributed by atoms with Crippen molar-refractivity contribution in [2.75, 3.05) is 13.7 Å². The zero-order chi connectivity index (χ0) is 14.7. The number of hydrogen-bond acceptors (Lipinski definition) is 3. The summed E-state index contributed by atoms with van der Waals surface area (Å²) in [6.07, 6.45) is 1.95. The van der Waals surface area contributed by atoms with Crippen LogP contribution in [0.4, 0.5) is 0 Å². The van der Waals surface area contributed by atoms with Crippen LogP contribution in [0.2, 0.25) is 10.0 Å². The molecule has 6 heteroatoms. The molecular weight excluding hydrogens is 365 g/mol. The van der Waals surface area contributed by atoms with E-state index in [-0.39, 0.29) is 12.2 Å². The standard InChI is InChI=1S/C14H18BrCl2NO2/c1-3-4-19-14-11(18-2)7-13(14)20-12-6-9(16)8(15)5-10(12)17/h5-6,11,13-14,18H,3-4,7H2,1-2H3. The average Bonchev–Trinajstić information content (AvgIpc) is 2.40. The average molecular weight is 383 g/mol. The first-order valence-electron chi connectivity index (χ1n) is 6.66. The molecule has 0 radical (unpaired) electrons. The van der Waals surface area contributed by atoms with Crippen LogP contribution in [0.3, 0.4) is 0 Å². The van der Waals surface area contributed by atoms with E-state index in [9.17, 15) is 0 Å². The number of rotatable bonds is 6. The SMILES string of the molecule is CCCOC1C(NC)CC1Oc1cc(Cl)c(Br)cc1Cl. The second kappa shape index (κ2) is 7.32. The Hall–Kier alpha value is -0.0000000000000000555. The molecule has 3 atom stereocenters. The normalized spacial score (nSPS) is 25.4. The first kappa shape index (κ1) is 16.4. The van der Waals surface area contributed by atoms with Crippen molar-refractivity contribution in [2.24, 2.45) is 0 Å². The minimum Gasteiger partial charge on any atom is -0.486 e. The fourth-order valence-corrected chi connectivity index (χ4v) is 3.05. The molecule has 0 amide bonds. The second-order valence-electron chi connectivity index (χ2n) is 4.82. The van der Waals surface area contributed by atoms with Gasteiger partial charge in [-0.1, -0.05) is 30.1 Å². The molecule has 3 unspecified atom stereocenters. The van der Waals surface area contributed by atoms with Gasteiger partial charge in [0.2, 0.25) is 0 Å². The topological polar surface area (TPSA) is 30.5 Å². The van der Waals surface area contributed by atoms with Gasteiger partial charge >= 0.3 is 0 Å². The number of hydrogen-bond donors (Lipinski definition) is 1. The van der Waals surface area contributed by atoms with Crippen LogP contribution in [0.1, 0.15) is 19.8 Å². The summed E-state index contributed by atoms with van der Waals surface area (Å²) in [6, 6.07) is 3.81. The molecule has 2 rings (SSSR count). The maximum absolute atomic E-state index is 6.18. The van der Waals surface area contributed by atoms with Crippen molar-refractivity contribution in [1.82, 2.24) is 5.32 Å². The quantitative estimate of drug-likeness (QED) is 0.744. The minimum absolute atomic E-state index is 0.00809. The van der Waals surface area contributed by atoms with Crippen LogP contribution in [0, 0.1) is 0 Å². The molecule has 0 bridgehead atoms. The van der Waals surface area contributed by atoms with E-state index in [1.807, 2.05) is 7.05 Å². The lowest BCUT2D eigenvalue weighted by Crippen LogP contribution is -2.60. The zero-order valence-electron chi connectivity index (χ0n) is 11.5. The Balaban J connectivity index is 2.04. The van der Waals surface area contributed by atoms with Crippen LogP contribution in [0.15, 0.2) is 16.6 Å². The van der Waals surface area contributed by atoms with Crippen molar-refractivity contribution in [2.45, 2.75) is 38.0 Å². The highest BCUT2D eigenvalue weighted by Crippen LogP contribution is 2.37. The summed E-state index contributed by atoms with van der Waals surface area (Å²) < 4.78 is 12.6. The predicted octanol–water partition coefficient (Wildman–Crippen LogP) is 4.29. The van der Waals surface area contributed by atoms with Crippen molar-refractivity contribution in [3.8, 4) is 5.75 Å². The minimum atomic E-state index is 0.00809. The van der Waals surface area contributed by atoms with E-state index in [2.05, 4.69) is 28.2 Å². The summed E-state index contributed by atoms with van der Waals surface area (Å²) in [4.78, 5) is 0. The number of ether oxygens (including phenoxy) is 2. The van der Waals surface area contributed by atoms with Gasteiger partial charge in [0.05, 0.1) is 10.0 Å². The van der Waals surface area contributed by atoms with Gasteiger partial charge in [0.25, 0.3) is 0 Å². The lowest BCUT2D eigenvalue weighted by Gasteiger charge is -2.43. The molecule has 1 N–H and O–H groups in total. The van der Waals surface area contributed by atoms with Gasteiger partial charge in [-0.3, -0.25) is 0 Å². The summed E-state index contributed by atoms with van der Waals surface area (Å²) in [5, 5.41) is 4.37. The highest BCUT2D eigenvalue weighted by atomic mass is 79.9. The highest BCUT2D eigenvalue weighted by molar-refractivity contribution is 9.10. The van der Waals surface area contributed by atoms with E-state index < -0.39 is 0 Å². The van der Waals surface area contributed by atoms with Gasteiger partial charge in [-0.2, -0.15) is 0 Å². The second-order valence-corrected chi connectivity index (χ2v) is 6.49. The number of benzene rings is 1. The van der Waals surface area contributed by atoms with E-state index in [0.29, 0.717) is 21.8 Å². The molecule has 112 valence electrons. The molecule has 1 aromatic carbocycles. The fraction of sp³-hybridized carbons (Fsp3) is 0.571. The number of likely N-dealkylation sites (N-methyl/N-ethyl adjacent to an activating group) is 1. The Bertz CT molecular complexity index is 473. The van der Waals surface area contributed by atoms with Crippen molar-refractivity contribution in [3.63, 3.8) is 0 Å². The van der Waals surface area contributed by atoms with Crippen molar-refractivity contribution >= 4 is 39.1 Å². The molecule has 1 aromatic rings. The monoisotopic (exact) mass is 381 g/mol. The van der Waals surface area contributed by atoms with E-state index in [1.165, 1.54) is 0 Å². The van der Waals surface area contributed by atoms with Gasteiger partial charge in [0.15, 0.2) is 0 Å². The molecule has 1 fully saturated rings. The summed E-state index contributed by atoms with van der Waals surface area (Å²) >= 11 is 15.6. The van der Waals surface area contributed by atoms with Crippen molar-refractivity contribution < 1.29 is 9.47 Å². The van der Waals surface area contributed by atoms with Crippen molar-refractivity contribution in [3.05, 3.63) is 26.7 Å². The lowest BCUT2D eigenvalue weighted by atomic mass is 9.85. The molecule has 20 heavy (non-hydrogen) atoms. The molecule has 0 saturated heterocycles. The Morgan fingerprint density at radius 2 is 2.10 bits per heavy atom.